The van der Waals surface area contributed by atoms with Gasteiger partial charge in [0.2, 0.25) is 5.91 Å². The molecule has 1 N–H and O–H groups in total. The van der Waals surface area contributed by atoms with Gasteiger partial charge in [0.1, 0.15) is 6.07 Å². The van der Waals surface area contributed by atoms with Crippen LogP contribution in [-0.2, 0) is 4.79 Å². The molecule has 1 aromatic carbocycles. The molecular formula is C14H18N2OS. The zero-order valence-electron chi connectivity index (χ0n) is 10.6. The van der Waals surface area contributed by atoms with Crippen LogP contribution in [0.3, 0.4) is 0 Å². The molecule has 1 amide bonds. The molecule has 0 spiro atoms. The van der Waals surface area contributed by atoms with E-state index in [2.05, 4.69) is 18.3 Å². The van der Waals surface area contributed by atoms with Crippen LogP contribution in [0.25, 0.3) is 0 Å². The van der Waals surface area contributed by atoms with E-state index in [0.29, 0.717) is 17.7 Å². The minimum atomic E-state index is -0.0262. The van der Waals surface area contributed by atoms with Crippen molar-refractivity contribution in [1.82, 2.24) is 0 Å². The lowest BCUT2D eigenvalue weighted by Crippen LogP contribution is -2.13. The van der Waals surface area contributed by atoms with Crippen LogP contribution < -0.4 is 5.32 Å². The molecule has 0 bridgehead atoms. The van der Waals surface area contributed by atoms with E-state index in [1.165, 1.54) is 12.8 Å². The standard InChI is InChI=1S/C14H18N2OS/c1-2-3-9-18-10-8-14(17)16-13-7-5-4-6-12(13)11-15/h4-7H,2-3,8-10H2,1H3,(H,16,17). The molecule has 0 radical (unpaired) electrons. The number of unbranched alkanes of at least 4 members (excludes halogenated alkanes) is 1. The fourth-order valence-electron chi connectivity index (χ4n) is 1.42. The lowest BCUT2D eigenvalue weighted by Gasteiger charge is -2.06. The summed E-state index contributed by atoms with van der Waals surface area (Å²) in [7, 11) is 0. The lowest BCUT2D eigenvalue weighted by atomic mass is 10.2. The Labute approximate surface area is 113 Å². The van der Waals surface area contributed by atoms with Crippen LogP contribution in [0.5, 0.6) is 0 Å². The Morgan fingerprint density at radius 3 is 2.89 bits per heavy atom. The smallest absolute Gasteiger partial charge is 0.225 e. The number of rotatable bonds is 7. The Hall–Kier alpha value is -1.47. The van der Waals surface area contributed by atoms with E-state index in [-0.39, 0.29) is 5.91 Å². The van der Waals surface area contributed by atoms with Crippen molar-refractivity contribution in [2.45, 2.75) is 26.2 Å². The summed E-state index contributed by atoms with van der Waals surface area (Å²) >= 11 is 1.80. The molecule has 0 aromatic heterocycles. The fraction of sp³-hybridized carbons (Fsp3) is 0.429. The first-order valence-electron chi connectivity index (χ1n) is 6.14. The highest BCUT2D eigenvalue weighted by Crippen LogP contribution is 2.14. The largest absolute Gasteiger partial charge is 0.325 e. The summed E-state index contributed by atoms with van der Waals surface area (Å²) in [5.74, 6) is 1.92. The predicted octanol–water partition coefficient (Wildman–Crippen LogP) is 3.42. The van der Waals surface area contributed by atoms with Crippen molar-refractivity contribution in [2.75, 3.05) is 16.8 Å². The summed E-state index contributed by atoms with van der Waals surface area (Å²) in [6, 6.07) is 9.11. The Morgan fingerprint density at radius 1 is 1.39 bits per heavy atom. The monoisotopic (exact) mass is 262 g/mol. The molecule has 1 aromatic rings. The third kappa shape index (κ3) is 5.24. The second-order valence-electron chi connectivity index (χ2n) is 3.92. The second kappa shape index (κ2) is 8.60. The Morgan fingerprint density at radius 2 is 2.17 bits per heavy atom. The summed E-state index contributed by atoms with van der Waals surface area (Å²) < 4.78 is 0. The highest BCUT2D eigenvalue weighted by molar-refractivity contribution is 7.99. The average molecular weight is 262 g/mol. The summed E-state index contributed by atoms with van der Waals surface area (Å²) in [5, 5.41) is 11.7. The molecular weight excluding hydrogens is 244 g/mol. The van der Waals surface area contributed by atoms with Gasteiger partial charge >= 0.3 is 0 Å². The van der Waals surface area contributed by atoms with Gasteiger partial charge in [0.15, 0.2) is 0 Å². The van der Waals surface area contributed by atoms with Crippen LogP contribution in [-0.4, -0.2) is 17.4 Å². The molecule has 96 valence electrons. The van der Waals surface area contributed by atoms with Gasteiger partial charge in [-0.3, -0.25) is 4.79 Å². The molecule has 0 heterocycles. The molecule has 18 heavy (non-hydrogen) atoms. The van der Waals surface area contributed by atoms with Gasteiger partial charge in [-0.15, -0.1) is 0 Å². The highest BCUT2D eigenvalue weighted by Gasteiger charge is 2.05. The second-order valence-corrected chi connectivity index (χ2v) is 5.15. The van der Waals surface area contributed by atoms with Crippen LogP contribution >= 0.6 is 11.8 Å². The molecule has 0 atom stereocenters. The number of hydrogen-bond acceptors (Lipinski definition) is 3. The van der Waals surface area contributed by atoms with Crippen molar-refractivity contribution in [3.05, 3.63) is 29.8 Å². The number of hydrogen-bond donors (Lipinski definition) is 1. The number of para-hydroxylation sites is 1. The molecule has 0 aliphatic heterocycles. The van der Waals surface area contributed by atoms with Crippen LogP contribution in [0.4, 0.5) is 5.69 Å². The zero-order valence-corrected chi connectivity index (χ0v) is 11.4. The molecule has 0 saturated heterocycles. The van der Waals surface area contributed by atoms with E-state index in [9.17, 15) is 4.79 Å². The van der Waals surface area contributed by atoms with E-state index in [0.717, 1.165) is 11.5 Å². The zero-order chi connectivity index (χ0) is 13.2. The predicted molar refractivity (Wildman–Crippen MR) is 76.6 cm³/mol. The first-order valence-corrected chi connectivity index (χ1v) is 7.30. The van der Waals surface area contributed by atoms with Gasteiger partial charge < -0.3 is 5.32 Å². The maximum Gasteiger partial charge on any atom is 0.225 e. The number of benzene rings is 1. The summed E-state index contributed by atoms with van der Waals surface area (Å²) in [4.78, 5) is 11.7. The minimum Gasteiger partial charge on any atom is -0.325 e. The number of nitriles is 1. The van der Waals surface area contributed by atoms with Gasteiger partial charge in [-0.25, -0.2) is 0 Å². The average Bonchev–Trinajstić information content (AvgIpc) is 2.39. The number of anilines is 1. The molecule has 0 unspecified atom stereocenters. The van der Waals surface area contributed by atoms with E-state index >= 15 is 0 Å². The maximum absolute atomic E-state index is 11.7. The third-order valence-electron chi connectivity index (χ3n) is 2.44. The van der Waals surface area contributed by atoms with Gasteiger partial charge in [0, 0.05) is 12.2 Å². The van der Waals surface area contributed by atoms with Gasteiger partial charge in [0.25, 0.3) is 0 Å². The topological polar surface area (TPSA) is 52.9 Å². The van der Waals surface area contributed by atoms with Crippen molar-refractivity contribution < 1.29 is 4.79 Å². The molecule has 3 nitrogen and oxygen atoms in total. The summed E-state index contributed by atoms with van der Waals surface area (Å²) in [6.45, 7) is 2.16. The molecule has 0 fully saturated rings. The number of thioether (sulfide) groups is 1. The molecule has 0 aliphatic carbocycles. The first-order chi connectivity index (χ1) is 8.77. The Balaban J connectivity index is 2.34. The van der Waals surface area contributed by atoms with E-state index in [4.69, 9.17) is 5.26 Å². The van der Waals surface area contributed by atoms with Crippen molar-refractivity contribution in [3.63, 3.8) is 0 Å². The van der Waals surface area contributed by atoms with Gasteiger partial charge in [-0.05, 0) is 24.3 Å². The molecule has 4 heteroatoms. The normalized spacial score (nSPS) is 9.78. The number of amides is 1. The molecule has 1 rings (SSSR count). The van der Waals surface area contributed by atoms with Crippen LogP contribution in [0.1, 0.15) is 31.7 Å². The fourth-order valence-corrected chi connectivity index (χ4v) is 2.44. The van der Waals surface area contributed by atoms with Gasteiger partial charge in [-0.1, -0.05) is 25.5 Å². The van der Waals surface area contributed by atoms with Crippen molar-refractivity contribution >= 4 is 23.4 Å². The van der Waals surface area contributed by atoms with Crippen LogP contribution in [0.15, 0.2) is 24.3 Å². The van der Waals surface area contributed by atoms with Crippen molar-refractivity contribution in [2.24, 2.45) is 0 Å². The summed E-state index contributed by atoms with van der Waals surface area (Å²) in [5.41, 5.74) is 1.10. The Kier molecular flexibility index (Phi) is 6.97. The third-order valence-corrected chi connectivity index (χ3v) is 3.51. The quantitative estimate of drug-likeness (QED) is 0.766. The number of carbonyl (C=O) groups is 1. The number of carbonyl (C=O) groups excluding carboxylic acids is 1. The van der Waals surface area contributed by atoms with Gasteiger partial charge in [0.05, 0.1) is 11.3 Å². The molecule has 0 aliphatic rings. The lowest BCUT2D eigenvalue weighted by molar-refractivity contribution is -0.115. The Bertz CT molecular complexity index is 426. The van der Waals surface area contributed by atoms with Gasteiger partial charge in [-0.2, -0.15) is 17.0 Å². The minimum absolute atomic E-state index is 0.0262. The number of nitrogens with one attached hydrogen (secondary N) is 1. The maximum atomic E-state index is 11.7. The highest BCUT2D eigenvalue weighted by atomic mass is 32.2. The van der Waals surface area contributed by atoms with Crippen LogP contribution in [0, 0.1) is 11.3 Å². The van der Waals surface area contributed by atoms with Crippen LogP contribution in [0.2, 0.25) is 0 Å². The first kappa shape index (κ1) is 14.6. The van der Waals surface area contributed by atoms with Crippen molar-refractivity contribution in [3.8, 4) is 6.07 Å². The van der Waals surface area contributed by atoms with Crippen molar-refractivity contribution in [1.29, 1.82) is 5.26 Å². The van der Waals surface area contributed by atoms with E-state index < -0.39 is 0 Å². The van der Waals surface area contributed by atoms with E-state index in [1.54, 1.807) is 30.0 Å². The number of nitrogens with zero attached hydrogens (tertiary/aromatic N) is 1. The molecule has 0 saturated carbocycles. The SMILES string of the molecule is CCCCSCCC(=O)Nc1ccccc1C#N. The summed E-state index contributed by atoms with van der Waals surface area (Å²) in [6.07, 6.45) is 2.88. The van der Waals surface area contributed by atoms with E-state index in [1.807, 2.05) is 6.07 Å².